The van der Waals surface area contributed by atoms with Gasteiger partial charge < -0.3 is 20.4 Å². The van der Waals surface area contributed by atoms with Gasteiger partial charge in [0.25, 0.3) is 0 Å². The molecule has 5 heteroatoms. The van der Waals surface area contributed by atoms with Crippen molar-refractivity contribution in [3.05, 3.63) is 120 Å². The summed E-state index contributed by atoms with van der Waals surface area (Å²) in [6.07, 6.45) is 3.80. The number of rotatable bonds is 3. The average Bonchev–Trinajstić information content (AvgIpc) is 2.86. The highest BCUT2D eigenvalue weighted by Crippen LogP contribution is 2.26. The second-order valence-electron chi connectivity index (χ2n) is 9.17. The Morgan fingerprint density at radius 2 is 0.919 bits per heavy atom. The van der Waals surface area contributed by atoms with Crippen LogP contribution in [-0.2, 0) is 11.8 Å². The van der Waals surface area contributed by atoms with E-state index in [0.717, 1.165) is 0 Å². The molecule has 0 aliphatic carbocycles. The Bertz CT molecular complexity index is 1040. The Balaban J connectivity index is 0.000000486. The molecule has 0 saturated carbocycles. The number of benzene rings is 4. The summed E-state index contributed by atoms with van der Waals surface area (Å²) >= 11 is 0. The summed E-state index contributed by atoms with van der Waals surface area (Å²) in [5, 5.41) is 34.6. The van der Waals surface area contributed by atoms with Gasteiger partial charge in [0.2, 0.25) is 0 Å². The molecule has 0 heterocycles. The first kappa shape index (κ1) is 33.5. The third kappa shape index (κ3) is 15.3. The Kier molecular flexibility index (Phi) is 17.0. The second kappa shape index (κ2) is 18.7. The summed E-state index contributed by atoms with van der Waals surface area (Å²) in [5.41, 5.74) is 3.32. The largest absolute Gasteiger partial charge is 0.508 e. The van der Waals surface area contributed by atoms with E-state index in [1.807, 2.05) is 12.1 Å². The van der Waals surface area contributed by atoms with Gasteiger partial charge in [0, 0.05) is 0 Å². The van der Waals surface area contributed by atoms with Gasteiger partial charge in [-0.3, -0.25) is 0 Å². The van der Waals surface area contributed by atoms with Crippen LogP contribution in [0.4, 0.5) is 0 Å². The lowest BCUT2D eigenvalue weighted by Crippen LogP contribution is -2.14. The van der Waals surface area contributed by atoms with Crippen LogP contribution in [0.2, 0.25) is 0 Å². The van der Waals surface area contributed by atoms with Crippen molar-refractivity contribution in [2.45, 2.75) is 52.4 Å². The van der Waals surface area contributed by atoms with Gasteiger partial charge in [-0.1, -0.05) is 107 Å². The van der Waals surface area contributed by atoms with Crippen LogP contribution in [-0.4, -0.2) is 20.4 Å². The summed E-state index contributed by atoms with van der Waals surface area (Å²) in [5.74, 6) is 0.491. The zero-order valence-corrected chi connectivity index (χ0v) is 23.9. The van der Waals surface area contributed by atoms with E-state index in [0.29, 0.717) is 11.5 Å². The first-order chi connectivity index (χ1) is 17.1. The average molecular weight is 523 g/mol. The van der Waals surface area contributed by atoms with E-state index < -0.39 is 0 Å². The number of phenolic OH excluding ortho intramolecular Hbond substituents is 4. The van der Waals surface area contributed by atoms with E-state index in [-0.39, 0.29) is 26.8 Å². The van der Waals surface area contributed by atoms with Crippen LogP contribution < -0.4 is 0 Å². The van der Waals surface area contributed by atoms with Crippen LogP contribution in [0.3, 0.4) is 0 Å². The van der Waals surface area contributed by atoms with Gasteiger partial charge in [-0.15, -0.1) is 0 Å². The molecule has 200 valence electrons. The Labute approximate surface area is 225 Å². The molecule has 0 bridgehead atoms. The molecule has 0 radical (unpaired) electrons. The highest BCUT2D eigenvalue weighted by molar-refractivity contribution is 6.92. The molecule has 0 spiro atoms. The van der Waals surface area contributed by atoms with Crippen molar-refractivity contribution in [1.29, 1.82) is 0 Å². The molecule has 1 atom stereocenters. The molecule has 0 saturated heterocycles. The zero-order valence-electron chi connectivity index (χ0n) is 22.5. The summed E-state index contributed by atoms with van der Waals surface area (Å²) in [6.45, 7) is 9.12. The van der Waals surface area contributed by atoms with E-state index in [4.69, 9.17) is 20.4 Å². The van der Waals surface area contributed by atoms with E-state index in [9.17, 15) is 0 Å². The summed E-state index contributed by atoms with van der Waals surface area (Å²) < 4.78 is 0. The smallest absolute Gasteiger partial charge is 0.157 e. The fourth-order valence-corrected chi connectivity index (χ4v) is 3.16. The van der Waals surface area contributed by atoms with Gasteiger partial charge in [0.05, 0.1) is 0 Å². The van der Waals surface area contributed by atoms with Gasteiger partial charge in [-0.2, -0.15) is 9.90 Å². The third-order valence-electron chi connectivity index (χ3n) is 5.02. The van der Waals surface area contributed by atoms with Gasteiger partial charge in [-0.05, 0) is 65.8 Å². The maximum Gasteiger partial charge on any atom is 0.157 e. The van der Waals surface area contributed by atoms with E-state index >= 15 is 0 Å². The van der Waals surface area contributed by atoms with Gasteiger partial charge >= 0.3 is 0 Å². The molecule has 4 aromatic rings. The fraction of sp³-hybridized carbons (Fsp3) is 0.250. The minimum atomic E-state index is -0.0764. The van der Waals surface area contributed by atoms with Crippen LogP contribution in [0.5, 0.6) is 23.0 Å². The van der Waals surface area contributed by atoms with Gasteiger partial charge in [-0.25, -0.2) is 0 Å². The first-order valence-corrected chi connectivity index (χ1v) is 12.2. The quantitative estimate of drug-likeness (QED) is 0.161. The van der Waals surface area contributed by atoms with Crippen molar-refractivity contribution in [2.75, 3.05) is 0 Å². The number of aryl methyl sites for hydroxylation is 1. The molecule has 0 aliphatic rings. The van der Waals surface area contributed by atoms with Crippen LogP contribution in [0.25, 0.3) is 0 Å². The van der Waals surface area contributed by atoms with E-state index in [1.54, 1.807) is 60.7 Å². The summed E-state index contributed by atoms with van der Waals surface area (Å²) in [7, 11) is 0. The Morgan fingerprint density at radius 3 is 1.24 bits per heavy atom. The van der Waals surface area contributed by atoms with Gasteiger partial charge in [0.15, 0.2) is 11.5 Å². The van der Waals surface area contributed by atoms with E-state index in [2.05, 4.69) is 52.0 Å². The van der Waals surface area contributed by atoms with Crippen molar-refractivity contribution in [3.8, 4) is 23.0 Å². The monoisotopic (exact) mass is 522 g/mol. The van der Waals surface area contributed by atoms with Crippen molar-refractivity contribution in [1.82, 2.24) is 0 Å². The molecule has 0 fully saturated rings. The van der Waals surface area contributed by atoms with Crippen molar-refractivity contribution in [2.24, 2.45) is 0 Å². The van der Waals surface area contributed by atoms with Gasteiger partial charge in [0.1, 0.15) is 11.5 Å². The van der Waals surface area contributed by atoms with Crippen LogP contribution >= 0.6 is 9.90 Å². The maximum absolute atomic E-state index is 8.67. The van der Waals surface area contributed by atoms with Crippen molar-refractivity contribution < 1.29 is 20.4 Å². The lowest BCUT2D eigenvalue weighted by molar-refractivity contribution is 0.404. The molecular formula is C32H43O4P. The molecule has 4 N–H and O–H groups in total. The minimum Gasteiger partial charge on any atom is -0.508 e. The molecule has 4 rings (SSSR count). The van der Waals surface area contributed by atoms with Crippen LogP contribution in [0.1, 0.15) is 51.7 Å². The standard InChI is InChI=1S/C14H22.C6H6O2.2C6H6O.H3P/c1-5-6-9-12-10-7-8-11-13(12)14(2,3)4;7-5-3-1-2-4-6(5)8;2*7-6-4-2-1-3-5-6;/h7-8,10-11H,5-6,9H2,1-4H3;1-4,7-8H;2*1-5,7H;1H3. The number of phenols is 4. The molecule has 4 nitrogen and oxygen atoms in total. The first-order valence-electron chi connectivity index (χ1n) is 12.2. The van der Waals surface area contributed by atoms with Crippen LogP contribution in [0.15, 0.2) is 109 Å². The number of para-hydroxylation sites is 4. The van der Waals surface area contributed by atoms with Crippen molar-refractivity contribution >= 4 is 9.90 Å². The molecule has 0 amide bonds. The van der Waals surface area contributed by atoms with E-state index in [1.165, 1.54) is 42.5 Å². The topological polar surface area (TPSA) is 80.9 Å². The van der Waals surface area contributed by atoms with Crippen molar-refractivity contribution in [3.63, 3.8) is 0 Å². The molecule has 1 unspecified atom stereocenters. The molecule has 37 heavy (non-hydrogen) atoms. The third-order valence-corrected chi connectivity index (χ3v) is 5.02. The molecule has 0 aliphatic heterocycles. The fourth-order valence-electron chi connectivity index (χ4n) is 3.16. The Morgan fingerprint density at radius 1 is 0.541 bits per heavy atom. The highest BCUT2D eigenvalue weighted by atomic mass is 31.0. The maximum atomic E-state index is 8.67. The molecule has 0 aromatic heterocycles. The minimum absolute atomic E-state index is 0. The number of unbranched alkanes of at least 4 members (excludes halogenated alkanes) is 1. The molecular weight excluding hydrogens is 479 g/mol. The SMILES string of the molecule is CCCCc1ccccc1C(C)(C)C.Oc1ccccc1.Oc1ccccc1.Oc1ccccc1O.P. The number of hydrogen-bond acceptors (Lipinski definition) is 4. The summed E-state index contributed by atoms with van der Waals surface area (Å²) in [6, 6.07) is 32.4. The zero-order chi connectivity index (χ0) is 26.8. The normalized spacial score (nSPS) is 9.62. The van der Waals surface area contributed by atoms with Crippen LogP contribution in [0, 0.1) is 0 Å². The lowest BCUT2D eigenvalue weighted by atomic mass is 9.82. The number of aromatic hydroxyl groups is 4. The number of hydrogen-bond donors (Lipinski definition) is 4. The predicted octanol–water partition coefficient (Wildman–Crippen LogP) is 8.27. The highest BCUT2D eigenvalue weighted by Gasteiger charge is 2.16. The predicted molar refractivity (Wildman–Crippen MR) is 161 cm³/mol. The Hall–Kier alpha value is -3.49. The molecule has 4 aromatic carbocycles. The second-order valence-corrected chi connectivity index (χ2v) is 9.17. The lowest BCUT2D eigenvalue weighted by Gasteiger charge is -2.22. The summed E-state index contributed by atoms with van der Waals surface area (Å²) in [4.78, 5) is 0.